The molecule has 4 rings (SSSR count). The average Bonchev–Trinajstić information content (AvgIpc) is 3.12. The van der Waals surface area contributed by atoms with E-state index in [-0.39, 0.29) is 20.9 Å². The molecule has 2 unspecified atom stereocenters. The number of aryl methyl sites for hydroxylation is 2. The molecule has 35 heavy (non-hydrogen) atoms. The average molecular weight is 662 g/mol. The van der Waals surface area contributed by atoms with Crippen LogP contribution in [0.1, 0.15) is 58.3 Å². The van der Waals surface area contributed by atoms with Gasteiger partial charge < -0.3 is 0 Å². The van der Waals surface area contributed by atoms with Crippen LogP contribution in [0.2, 0.25) is 13.1 Å². The molecule has 2 N–H and O–H groups in total. The minimum atomic E-state index is -4.52. The highest BCUT2D eigenvalue weighted by Crippen LogP contribution is 2.58. The second-order valence-corrected chi connectivity index (χ2v) is 19.3. The fourth-order valence-corrected chi connectivity index (χ4v) is 15.3. The van der Waals surface area contributed by atoms with Crippen molar-refractivity contribution in [2.75, 3.05) is 0 Å². The predicted octanol–water partition coefficient (Wildman–Crippen LogP) is 6.75. The third-order valence-corrected chi connectivity index (χ3v) is 15.0. The first-order valence-corrected chi connectivity index (χ1v) is 18.5. The molecule has 2 aromatic carbocycles. The summed E-state index contributed by atoms with van der Waals surface area (Å²) in [4.78, 5) is -0.185. The van der Waals surface area contributed by atoms with E-state index < -0.39 is 28.3 Å². The molecule has 0 aromatic heterocycles. The van der Waals surface area contributed by atoms with Crippen LogP contribution in [0.15, 0.2) is 44.4 Å². The van der Waals surface area contributed by atoms with Gasteiger partial charge in [0.25, 0.3) is 20.2 Å². The van der Waals surface area contributed by atoms with Gasteiger partial charge in [0.2, 0.25) is 0 Å². The first-order chi connectivity index (χ1) is 15.9. The molecule has 0 bridgehead atoms. The first-order valence-electron chi connectivity index (χ1n) is 10.9. The molecule has 2 aliphatic rings. The molecule has 6 nitrogen and oxygen atoms in total. The van der Waals surface area contributed by atoms with Gasteiger partial charge in [0, 0.05) is 31.2 Å². The molecule has 11 heteroatoms. The number of benzene rings is 2. The van der Waals surface area contributed by atoms with Gasteiger partial charge in [0.15, 0.2) is 0 Å². The van der Waals surface area contributed by atoms with Crippen molar-refractivity contribution in [2.45, 2.75) is 51.9 Å². The van der Waals surface area contributed by atoms with Gasteiger partial charge in [-0.2, -0.15) is 16.8 Å². The smallest absolute Gasteiger partial charge is 0.282 e. The van der Waals surface area contributed by atoms with Crippen LogP contribution >= 0.6 is 31.9 Å². The summed E-state index contributed by atoms with van der Waals surface area (Å²) in [7, 11) is -11.8. The summed E-state index contributed by atoms with van der Waals surface area (Å²) >= 11 is 7.01. The molecule has 0 fully saturated rings. The standard InChI is InChI=1S/C24H26Br2O6S2Si/c1-11-7-15-19(17(25)9-11)21(33(27,28)29)13(3)23(15)35(5,6)24-14(4)22(34(30,31)32)20-16(24)8-12(2)10-18(20)26/h7-10,23-24H,1-6H3,(H,27,28,29)(H,30,31,32). The fraction of sp³-hybridized carbons (Fsp3) is 0.333. The number of fused-ring (bicyclic) bond motifs is 2. The quantitative estimate of drug-likeness (QED) is 0.277. The van der Waals surface area contributed by atoms with E-state index in [9.17, 15) is 25.9 Å². The van der Waals surface area contributed by atoms with Crippen molar-refractivity contribution >= 4 is 70.0 Å². The second kappa shape index (κ2) is 8.47. The van der Waals surface area contributed by atoms with Gasteiger partial charge in [-0.3, -0.25) is 9.11 Å². The molecule has 0 aliphatic heterocycles. The SMILES string of the molecule is CC1=C(S(=O)(=O)O)c2c(Br)cc(C)cc2C1[Si](C)(C)C1C(C)=C(S(=O)(=O)O)c2c(Br)cc(C)cc21. The van der Waals surface area contributed by atoms with Gasteiger partial charge in [-0.25, -0.2) is 0 Å². The fourth-order valence-electron chi connectivity index (χ4n) is 6.34. The molecule has 0 amide bonds. The molecule has 0 saturated heterocycles. The van der Waals surface area contributed by atoms with E-state index in [4.69, 9.17) is 0 Å². The lowest BCUT2D eigenvalue weighted by Gasteiger charge is -2.39. The van der Waals surface area contributed by atoms with Crippen molar-refractivity contribution < 1.29 is 25.9 Å². The third-order valence-electron chi connectivity index (χ3n) is 7.19. The summed E-state index contributed by atoms with van der Waals surface area (Å²) in [5, 5.41) is 0. The molecule has 0 heterocycles. The molecule has 0 saturated carbocycles. The van der Waals surface area contributed by atoms with Crippen LogP contribution in [0.5, 0.6) is 0 Å². The van der Waals surface area contributed by atoms with Crippen LogP contribution in [0.4, 0.5) is 0 Å². The Kier molecular flexibility index (Phi) is 6.53. The normalized spacial score (nSPS) is 20.5. The van der Waals surface area contributed by atoms with Crippen LogP contribution in [-0.2, 0) is 20.2 Å². The highest BCUT2D eigenvalue weighted by molar-refractivity contribution is 9.10. The molecule has 2 atom stereocenters. The van der Waals surface area contributed by atoms with Crippen LogP contribution in [-0.4, -0.2) is 34.0 Å². The first kappa shape index (κ1) is 27.0. The van der Waals surface area contributed by atoms with Gasteiger partial charge in [0.05, 0.1) is 8.07 Å². The zero-order valence-corrected chi connectivity index (χ0v) is 25.9. The highest BCUT2D eigenvalue weighted by atomic mass is 79.9. The Morgan fingerprint density at radius 1 is 0.686 bits per heavy atom. The Morgan fingerprint density at radius 2 is 1.00 bits per heavy atom. The molecule has 2 aromatic rings. The maximum atomic E-state index is 12.5. The molecular formula is C24H26Br2O6S2Si. The summed E-state index contributed by atoms with van der Waals surface area (Å²) in [5.74, 6) is 0. The lowest BCUT2D eigenvalue weighted by molar-refractivity contribution is 0.494. The summed E-state index contributed by atoms with van der Waals surface area (Å²) in [6, 6.07) is 7.54. The number of allylic oxidation sites excluding steroid dienone is 2. The maximum Gasteiger partial charge on any atom is 0.295 e. The van der Waals surface area contributed by atoms with Gasteiger partial charge in [-0.05, 0) is 73.2 Å². The zero-order chi connectivity index (χ0) is 26.4. The Morgan fingerprint density at radius 3 is 1.29 bits per heavy atom. The summed E-state index contributed by atoms with van der Waals surface area (Å²) in [6.45, 7) is 11.5. The highest BCUT2D eigenvalue weighted by Gasteiger charge is 2.52. The molecule has 0 radical (unpaired) electrons. The van der Waals surface area contributed by atoms with Crippen LogP contribution in [0.25, 0.3) is 9.81 Å². The van der Waals surface area contributed by atoms with Crippen molar-refractivity contribution in [3.05, 3.63) is 77.7 Å². The largest absolute Gasteiger partial charge is 0.295 e. The molecule has 188 valence electrons. The predicted molar refractivity (Wildman–Crippen MR) is 149 cm³/mol. The number of hydrogen-bond donors (Lipinski definition) is 2. The van der Waals surface area contributed by atoms with E-state index in [0.717, 1.165) is 22.3 Å². The zero-order valence-electron chi connectivity index (χ0n) is 20.1. The number of rotatable bonds is 4. The van der Waals surface area contributed by atoms with E-state index in [0.29, 0.717) is 31.2 Å². The molecule has 0 spiro atoms. The van der Waals surface area contributed by atoms with E-state index in [1.807, 2.05) is 38.1 Å². The lowest BCUT2D eigenvalue weighted by Crippen LogP contribution is -2.42. The molecular weight excluding hydrogens is 636 g/mol. The van der Waals surface area contributed by atoms with Crippen molar-refractivity contribution in [1.82, 2.24) is 0 Å². The number of halogens is 2. The van der Waals surface area contributed by atoms with Crippen molar-refractivity contribution in [1.29, 1.82) is 0 Å². The van der Waals surface area contributed by atoms with Crippen LogP contribution in [0.3, 0.4) is 0 Å². The Bertz CT molecular complexity index is 1470. The molecule has 2 aliphatic carbocycles. The van der Waals surface area contributed by atoms with Crippen molar-refractivity contribution in [3.63, 3.8) is 0 Å². The number of hydrogen-bond acceptors (Lipinski definition) is 4. The van der Waals surface area contributed by atoms with Crippen molar-refractivity contribution in [2.24, 2.45) is 0 Å². The third kappa shape index (κ3) is 4.16. The van der Waals surface area contributed by atoms with Gasteiger partial charge in [0.1, 0.15) is 9.81 Å². The Hall–Kier alpha value is -1.08. The maximum absolute atomic E-state index is 12.5. The lowest BCUT2D eigenvalue weighted by atomic mass is 10.1. The summed E-state index contributed by atoms with van der Waals surface area (Å²) in [5.41, 5.74) is 4.86. The minimum Gasteiger partial charge on any atom is -0.282 e. The Balaban J connectivity index is 2.08. The van der Waals surface area contributed by atoms with E-state index in [1.165, 1.54) is 0 Å². The van der Waals surface area contributed by atoms with E-state index in [2.05, 4.69) is 45.0 Å². The van der Waals surface area contributed by atoms with E-state index in [1.54, 1.807) is 13.8 Å². The second-order valence-electron chi connectivity index (χ2n) is 10.1. The Labute approximate surface area is 224 Å². The van der Waals surface area contributed by atoms with Gasteiger partial charge in [-0.1, -0.05) is 57.1 Å². The van der Waals surface area contributed by atoms with Gasteiger partial charge >= 0.3 is 0 Å². The minimum absolute atomic E-state index is 0.0924. The monoisotopic (exact) mass is 660 g/mol. The van der Waals surface area contributed by atoms with Crippen LogP contribution in [0, 0.1) is 13.8 Å². The summed E-state index contributed by atoms with van der Waals surface area (Å²) in [6.07, 6.45) is 0. The topological polar surface area (TPSA) is 109 Å². The van der Waals surface area contributed by atoms with Crippen molar-refractivity contribution in [3.8, 4) is 0 Å². The van der Waals surface area contributed by atoms with Crippen LogP contribution < -0.4 is 0 Å². The summed E-state index contributed by atoms with van der Waals surface area (Å²) < 4.78 is 71.7. The van der Waals surface area contributed by atoms with Gasteiger partial charge in [-0.15, -0.1) is 0 Å². The van der Waals surface area contributed by atoms with E-state index >= 15 is 0 Å².